The molecule has 0 aliphatic rings. The number of hydrogen-bond acceptors (Lipinski definition) is 6. The number of benzene rings is 2. The molecule has 0 bridgehead atoms. The molecule has 0 aromatic heterocycles. The van der Waals surface area contributed by atoms with Gasteiger partial charge in [0, 0.05) is 7.11 Å². The molecule has 194 valence electrons. The molecule has 7 nitrogen and oxygen atoms in total. The lowest BCUT2D eigenvalue weighted by Crippen LogP contribution is -2.36. The highest BCUT2D eigenvalue weighted by molar-refractivity contribution is 7.52. The van der Waals surface area contributed by atoms with Crippen LogP contribution in [0.1, 0.15) is 33.3 Å². The molecule has 2 atom stereocenters. The minimum absolute atomic E-state index is 0.0494. The van der Waals surface area contributed by atoms with Gasteiger partial charge in [-0.2, -0.15) is 13.9 Å². The third-order valence-corrected chi connectivity index (χ3v) is 6.14. The van der Waals surface area contributed by atoms with Crippen molar-refractivity contribution in [3.05, 3.63) is 58.9 Å². The molecule has 2 rings (SSSR count). The number of ether oxygens (including phenoxy) is 2. The molecule has 0 aliphatic heterocycles. The van der Waals surface area contributed by atoms with Crippen molar-refractivity contribution < 1.29 is 49.8 Å². The molecule has 1 N–H and O–H groups in total. The van der Waals surface area contributed by atoms with Crippen molar-refractivity contribution in [3.63, 3.8) is 0 Å². The maximum atomic E-state index is 14.2. The lowest BCUT2D eigenvalue weighted by atomic mass is 9.87. The summed E-state index contributed by atoms with van der Waals surface area (Å²) in [6, 6.07) is 4.49. The van der Waals surface area contributed by atoms with E-state index in [-0.39, 0.29) is 24.4 Å². The summed E-state index contributed by atoms with van der Waals surface area (Å²) in [5.74, 6) is -14.8. The third kappa shape index (κ3) is 7.16. The Morgan fingerprint density at radius 3 is 1.91 bits per heavy atom. The van der Waals surface area contributed by atoms with Gasteiger partial charge >= 0.3 is 13.7 Å². The average Bonchev–Trinajstić information content (AvgIpc) is 2.79. The first kappa shape index (κ1) is 28.5. The van der Waals surface area contributed by atoms with E-state index in [0.717, 1.165) is 12.5 Å². The van der Waals surface area contributed by atoms with Crippen LogP contribution in [0.25, 0.3) is 0 Å². The van der Waals surface area contributed by atoms with Crippen molar-refractivity contribution in [3.8, 4) is 11.5 Å². The van der Waals surface area contributed by atoms with Crippen LogP contribution in [0.4, 0.5) is 22.0 Å². The van der Waals surface area contributed by atoms with Crippen LogP contribution >= 0.6 is 7.75 Å². The topological polar surface area (TPSA) is 83.1 Å². The second-order valence-electron chi connectivity index (χ2n) is 8.36. The Kier molecular flexibility index (Phi) is 9.27. The summed E-state index contributed by atoms with van der Waals surface area (Å²) in [7, 11) is -3.63. The molecule has 1 unspecified atom stereocenters. The van der Waals surface area contributed by atoms with Gasteiger partial charge in [-0.05, 0) is 30.0 Å². The number of carbonyl (C=O) groups is 1. The number of carbonyl (C=O) groups excluding carboxylic acids is 1. The van der Waals surface area contributed by atoms with Crippen LogP contribution < -0.4 is 14.1 Å². The predicted molar refractivity (Wildman–Crippen MR) is 116 cm³/mol. The molecular weight excluding hydrogens is 500 g/mol. The van der Waals surface area contributed by atoms with Gasteiger partial charge in [-0.25, -0.2) is 17.7 Å². The van der Waals surface area contributed by atoms with E-state index in [1.54, 1.807) is 12.1 Å². The minimum atomic E-state index is -4.99. The number of nitrogens with one attached hydrogen (secondary N) is 1. The van der Waals surface area contributed by atoms with Crippen LogP contribution in [-0.2, 0) is 24.2 Å². The van der Waals surface area contributed by atoms with Crippen molar-refractivity contribution in [2.45, 2.75) is 39.2 Å². The molecule has 0 saturated heterocycles. The van der Waals surface area contributed by atoms with Gasteiger partial charge in [0.05, 0.1) is 6.61 Å². The highest BCUT2D eigenvalue weighted by atomic mass is 31.2. The zero-order valence-corrected chi connectivity index (χ0v) is 20.5. The summed E-state index contributed by atoms with van der Waals surface area (Å²) in [6.45, 7) is 6.83. The van der Waals surface area contributed by atoms with Gasteiger partial charge in [0.2, 0.25) is 34.8 Å². The van der Waals surface area contributed by atoms with Crippen molar-refractivity contribution in [1.29, 1.82) is 0 Å². The molecule has 0 saturated carbocycles. The van der Waals surface area contributed by atoms with E-state index < -0.39 is 54.6 Å². The maximum absolute atomic E-state index is 14.2. The van der Waals surface area contributed by atoms with Crippen LogP contribution in [0.2, 0.25) is 0 Å². The molecule has 2 aromatic rings. The van der Waals surface area contributed by atoms with Gasteiger partial charge in [-0.1, -0.05) is 32.9 Å². The Morgan fingerprint density at radius 1 is 0.914 bits per heavy atom. The number of halogens is 5. The van der Waals surface area contributed by atoms with E-state index >= 15 is 0 Å². The minimum Gasteiger partial charge on any atom is -0.462 e. The first-order valence-corrected chi connectivity index (χ1v) is 11.8. The molecule has 0 amide bonds. The van der Waals surface area contributed by atoms with Crippen LogP contribution in [0, 0.1) is 29.1 Å². The van der Waals surface area contributed by atoms with Crippen molar-refractivity contribution in [2.75, 3.05) is 20.3 Å². The summed E-state index contributed by atoms with van der Waals surface area (Å²) in [5.41, 5.74) is 0.593. The van der Waals surface area contributed by atoms with Gasteiger partial charge in [-0.3, -0.25) is 4.79 Å². The van der Waals surface area contributed by atoms with E-state index in [2.05, 4.69) is 5.09 Å². The Labute approximate surface area is 199 Å². The fraction of sp³-hybridized carbons (Fsp3) is 0.409. The van der Waals surface area contributed by atoms with Crippen molar-refractivity contribution in [2.24, 2.45) is 0 Å². The Bertz CT molecular complexity index is 1080. The normalized spacial score (nSPS) is 14.2. The monoisotopic (exact) mass is 525 g/mol. The van der Waals surface area contributed by atoms with Gasteiger partial charge in [0.1, 0.15) is 18.4 Å². The first-order valence-electron chi connectivity index (χ1n) is 10.2. The quantitative estimate of drug-likeness (QED) is 0.111. The first-order chi connectivity index (χ1) is 16.2. The van der Waals surface area contributed by atoms with Crippen molar-refractivity contribution >= 4 is 13.7 Å². The molecule has 0 aliphatic carbocycles. The van der Waals surface area contributed by atoms with E-state index in [9.17, 15) is 31.3 Å². The number of hydrogen-bond donors (Lipinski definition) is 1. The molecule has 0 fully saturated rings. The van der Waals surface area contributed by atoms with Crippen molar-refractivity contribution in [1.82, 2.24) is 5.09 Å². The van der Waals surface area contributed by atoms with Crippen LogP contribution in [0.3, 0.4) is 0 Å². The fourth-order valence-electron chi connectivity index (χ4n) is 2.65. The Balaban J connectivity index is 2.43. The summed E-state index contributed by atoms with van der Waals surface area (Å²) in [4.78, 5) is 12.2. The maximum Gasteiger partial charge on any atom is 0.513 e. The highest BCUT2D eigenvalue weighted by Gasteiger charge is 2.38. The summed E-state index contributed by atoms with van der Waals surface area (Å²) >= 11 is 0. The Hall–Kier alpha value is -2.69. The average molecular weight is 525 g/mol. The van der Waals surface area contributed by atoms with E-state index in [0.29, 0.717) is 0 Å². The molecule has 13 heteroatoms. The molecule has 0 spiro atoms. The zero-order valence-electron chi connectivity index (χ0n) is 19.6. The van der Waals surface area contributed by atoms with Gasteiger partial charge in [0.15, 0.2) is 0 Å². The zero-order chi connectivity index (χ0) is 26.6. The standard InChI is InChI=1S/C22H25F5NO6P/c1-12(21(29)32-11-10-31-5)28-35(30,33-14-8-6-13(7-9-14)22(2,3)4)34-20-18(26)16(24)15(23)17(25)19(20)27/h6-9,12H,10-11H2,1-5H3,(H,28,30)/t12-,35?/m0/s1. The van der Waals surface area contributed by atoms with E-state index in [1.165, 1.54) is 19.2 Å². The van der Waals surface area contributed by atoms with Crippen LogP contribution in [-0.4, -0.2) is 32.3 Å². The second-order valence-corrected chi connectivity index (χ2v) is 9.98. The van der Waals surface area contributed by atoms with Crippen LogP contribution in [0.15, 0.2) is 24.3 Å². The SMILES string of the molecule is COCCOC(=O)[C@H](C)NP(=O)(Oc1ccc(C(C)(C)C)cc1)Oc1c(F)c(F)c(F)c(F)c1F. The fourth-order valence-corrected chi connectivity index (χ4v) is 4.17. The second kappa shape index (κ2) is 11.4. The van der Waals surface area contributed by atoms with Gasteiger partial charge < -0.3 is 18.5 Å². The predicted octanol–water partition coefficient (Wildman–Crippen LogP) is 5.41. The largest absolute Gasteiger partial charge is 0.513 e. The number of rotatable bonds is 10. The van der Waals surface area contributed by atoms with Gasteiger partial charge in [-0.15, -0.1) is 0 Å². The number of methoxy groups -OCH3 is 1. The lowest BCUT2D eigenvalue weighted by Gasteiger charge is -2.24. The van der Waals surface area contributed by atoms with Gasteiger partial charge in [0.25, 0.3) is 0 Å². The summed E-state index contributed by atoms with van der Waals surface area (Å²) in [5, 5.41) is 2.09. The lowest BCUT2D eigenvalue weighted by molar-refractivity contribution is -0.146. The smallest absolute Gasteiger partial charge is 0.462 e. The highest BCUT2D eigenvalue weighted by Crippen LogP contribution is 2.47. The van der Waals surface area contributed by atoms with E-state index in [1.807, 2.05) is 20.8 Å². The molecule has 35 heavy (non-hydrogen) atoms. The molecular formula is C22H25F5NO6P. The number of esters is 1. The third-order valence-electron chi connectivity index (χ3n) is 4.56. The van der Waals surface area contributed by atoms with E-state index in [4.69, 9.17) is 18.5 Å². The molecule has 2 aromatic carbocycles. The van der Waals surface area contributed by atoms with Crippen LogP contribution in [0.5, 0.6) is 11.5 Å². The molecule has 0 heterocycles. The summed E-state index contributed by atoms with van der Waals surface area (Å²) in [6.07, 6.45) is 0. The Morgan fingerprint density at radius 2 is 1.43 bits per heavy atom. The molecule has 0 radical (unpaired) electrons. The summed E-state index contributed by atoms with van der Waals surface area (Å²) < 4.78 is 102.